The lowest BCUT2D eigenvalue weighted by atomic mass is 10.2. The van der Waals surface area contributed by atoms with Crippen LogP contribution in [-0.4, -0.2) is 29.8 Å². The molecule has 14 heavy (non-hydrogen) atoms. The summed E-state index contributed by atoms with van der Waals surface area (Å²) < 4.78 is 0. The number of anilines is 1. The smallest absolute Gasteiger partial charge is 0.0686 e. The first-order chi connectivity index (χ1) is 6.49. The van der Waals surface area contributed by atoms with Gasteiger partial charge in [0.25, 0.3) is 0 Å². The first-order valence-electron chi connectivity index (χ1n) is 4.83. The Hall–Kier alpha value is -1.09. The number of aromatic nitrogens is 1. The lowest BCUT2D eigenvalue weighted by molar-refractivity contribution is 0.201. The van der Waals surface area contributed by atoms with Crippen LogP contribution >= 0.6 is 0 Å². The molecule has 3 heteroatoms. The largest absolute Gasteiger partial charge is 0.392 e. The van der Waals surface area contributed by atoms with Crippen molar-refractivity contribution in [3.8, 4) is 0 Å². The van der Waals surface area contributed by atoms with Crippen molar-refractivity contribution in [3.05, 3.63) is 23.5 Å². The molecule has 0 fully saturated rings. The summed E-state index contributed by atoms with van der Waals surface area (Å²) in [6.45, 7) is 6.39. The van der Waals surface area contributed by atoms with Gasteiger partial charge in [0.2, 0.25) is 0 Å². The highest BCUT2D eigenvalue weighted by Crippen LogP contribution is 2.15. The van der Waals surface area contributed by atoms with Gasteiger partial charge in [-0.3, -0.25) is 4.98 Å². The van der Waals surface area contributed by atoms with Crippen LogP contribution in [0.3, 0.4) is 0 Å². The molecule has 1 aromatic rings. The Morgan fingerprint density at radius 3 is 2.29 bits per heavy atom. The van der Waals surface area contributed by atoms with Crippen LogP contribution in [0.2, 0.25) is 0 Å². The fourth-order valence-corrected chi connectivity index (χ4v) is 1.53. The molecule has 78 valence electrons. The number of likely N-dealkylation sites (N-methyl/N-ethyl adjacent to an activating group) is 1. The zero-order valence-corrected chi connectivity index (χ0v) is 9.28. The van der Waals surface area contributed by atoms with E-state index in [2.05, 4.69) is 4.98 Å². The minimum atomic E-state index is -0.311. The standard InChI is InChI=1S/C11H18N2O/c1-8-5-11(6-9(2)12-8)13(4)7-10(3)14/h5-6,10,14H,7H2,1-4H3. The number of hydrogen-bond acceptors (Lipinski definition) is 3. The Kier molecular flexibility index (Phi) is 3.47. The predicted octanol–water partition coefficient (Wildman–Crippen LogP) is 1.52. The van der Waals surface area contributed by atoms with E-state index in [0.29, 0.717) is 6.54 Å². The number of nitrogens with zero attached hydrogens (tertiary/aromatic N) is 2. The van der Waals surface area contributed by atoms with E-state index < -0.39 is 0 Å². The van der Waals surface area contributed by atoms with Crippen LogP contribution in [-0.2, 0) is 0 Å². The normalized spacial score (nSPS) is 12.6. The molecule has 3 nitrogen and oxygen atoms in total. The number of aliphatic hydroxyl groups excluding tert-OH is 1. The van der Waals surface area contributed by atoms with E-state index in [0.717, 1.165) is 17.1 Å². The maximum absolute atomic E-state index is 9.27. The average molecular weight is 194 g/mol. The van der Waals surface area contributed by atoms with Gasteiger partial charge >= 0.3 is 0 Å². The quantitative estimate of drug-likeness (QED) is 0.792. The van der Waals surface area contributed by atoms with E-state index in [9.17, 15) is 5.11 Å². The van der Waals surface area contributed by atoms with Crippen LogP contribution in [0.15, 0.2) is 12.1 Å². The molecule has 0 aliphatic heterocycles. The van der Waals surface area contributed by atoms with Crippen LogP contribution in [0.1, 0.15) is 18.3 Å². The van der Waals surface area contributed by atoms with Gasteiger partial charge < -0.3 is 10.0 Å². The Labute approximate surface area is 85.4 Å². The zero-order chi connectivity index (χ0) is 10.7. The molecule has 0 radical (unpaired) electrons. The van der Waals surface area contributed by atoms with E-state index in [-0.39, 0.29) is 6.10 Å². The van der Waals surface area contributed by atoms with Gasteiger partial charge in [-0.25, -0.2) is 0 Å². The summed E-state index contributed by atoms with van der Waals surface area (Å²) in [6.07, 6.45) is -0.311. The molecule has 0 saturated carbocycles. The van der Waals surface area contributed by atoms with Gasteiger partial charge in [-0.05, 0) is 32.9 Å². The second-order valence-corrected chi connectivity index (χ2v) is 3.84. The lowest BCUT2D eigenvalue weighted by Crippen LogP contribution is -2.27. The summed E-state index contributed by atoms with van der Waals surface area (Å²) >= 11 is 0. The van der Waals surface area contributed by atoms with E-state index in [4.69, 9.17) is 0 Å². The third-order valence-corrected chi connectivity index (χ3v) is 2.05. The van der Waals surface area contributed by atoms with Crippen molar-refractivity contribution in [2.45, 2.75) is 26.9 Å². The second-order valence-electron chi connectivity index (χ2n) is 3.84. The van der Waals surface area contributed by atoms with Crippen molar-refractivity contribution in [1.29, 1.82) is 0 Å². The van der Waals surface area contributed by atoms with Crippen molar-refractivity contribution >= 4 is 5.69 Å². The van der Waals surface area contributed by atoms with Crippen LogP contribution in [0.4, 0.5) is 5.69 Å². The SMILES string of the molecule is Cc1cc(N(C)CC(C)O)cc(C)n1. The van der Waals surface area contributed by atoms with E-state index in [1.54, 1.807) is 6.92 Å². The zero-order valence-electron chi connectivity index (χ0n) is 9.28. The number of pyridine rings is 1. The summed E-state index contributed by atoms with van der Waals surface area (Å²) in [5.74, 6) is 0. The van der Waals surface area contributed by atoms with Crippen molar-refractivity contribution in [3.63, 3.8) is 0 Å². The number of hydrogen-bond donors (Lipinski definition) is 1. The maximum Gasteiger partial charge on any atom is 0.0686 e. The van der Waals surface area contributed by atoms with Gasteiger partial charge in [-0.2, -0.15) is 0 Å². The number of aliphatic hydroxyl groups is 1. The molecule has 0 aliphatic rings. The van der Waals surface area contributed by atoms with Crippen LogP contribution < -0.4 is 4.90 Å². The summed E-state index contributed by atoms with van der Waals surface area (Å²) in [4.78, 5) is 6.34. The lowest BCUT2D eigenvalue weighted by Gasteiger charge is -2.21. The van der Waals surface area contributed by atoms with Crippen LogP contribution in [0, 0.1) is 13.8 Å². The topological polar surface area (TPSA) is 36.4 Å². The minimum Gasteiger partial charge on any atom is -0.392 e. The van der Waals surface area contributed by atoms with Crippen molar-refractivity contribution in [2.75, 3.05) is 18.5 Å². The molecule has 0 aromatic carbocycles. The molecule has 1 atom stereocenters. The number of aryl methyl sites for hydroxylation is 2. The van der Waals surface area contributed by atoms with Crippen LogP contribution in [0.5, 0.6) is 0 Å². The Balaban J connectivity index is 2.84. The Morgan fingerprint density at radius 1 is 1.36 bits per heavy atom. The highest BCUT2D eigenvalue weighted by atomic mass is 16.3. The number of rotatable bonds is 3. The predicted molar refractivity (Wildman–Crippen MR) is 58.7 cm³/mol. The fraction of sp³-hybridized carbons (Fsp3) is 0.545. The molecule has 0 bridgehead atoms. The minimum absolute atomic E-state index is 0.311. The molecule has 1 rings (SSSR count). The monoisotopic (exact) mass is 194 g/mol. The van der Waals surface area contributed by atoms with Gasteiger partial charge in [0.15, 0.2) is 0 Å². The average Bonchev–Trinajstić information content (AvgIpc) is 2.00. The summed E-state index contributed by atoms with van der Waals surface area (Å²) in [5.41, 5.74) is 3.13. The van der Waals surface area contributed by atoms with Gasteiger partial charge in [0.1, 0.15) is 0 Å². The molecule has 0 aliphatic carbocycles. The van der Waals surface area contributed by atoms with E-state index in [1.165, 1.54) is 0 Å². The molecule has 1 aromatic heterocycles. The molecular formula is C11H18N2O. The first-order valence-corrected chi connectivity index (χ1v) is 4.83. The van der Waals surface area contributed by atoms with Gasteiger partial charge in [-0.15, -0.1) is 0 Å². The molecule has 0 spiro atoms. The highest BCUT2D eigenvalue weighted by Gasteiger charge is 2.05. The Bertz CT molecular complexity index is 290. The van der Waals surface area contributed by atoms with Gasteiger partial charge in [0, 0.05) is 30.7 Å². The molecule has 1 heterocycles. The third-order valence-electron chi connectivity index (χ3n) is 2.05. The fourth-order valence-electron chi connectivity index (χ4n) is 1.53. The molecule has 0 saturated heterocycles. The highest BCUT2D eigenvalue weighted by molar-refractivity contribution is 5.47. The third kappa shape index (κ3) is 3.00. The van der Waals surface area contributed by atoms with Crippen molar-refractivity contribution in [2.24, 2.45) is 0 Å². The molecule has 1 unspecified atom stereocenters. The van der Waals surface area contributed by atoms with Crippen molar-refractivity contribution in [1.82, 2.24) is 4.98 Å². The maximum atomic E-state index is 9.27. The molecule has 0 amide bonds. The summed E-state index contributed by atoms with van der Waals surface area (Å²) in [5, 5.41) is 9.27. The summed E-state index contributed by atoms with van der Waals surface area (Å²) in [6, 6.07) is 4.05. The van der Waals surface area contributed by atoms with Crippen molar-refractivity contribution < 1.29 is 5.11 Å². The van der Waals surface area contributed by atoms with Crippen LogP contribution in [0.25, 0.3) is 0 Å². The molecular weight excluding hydrogens is 176 g/mol. The van der Waals surface area contributed by atoms with E-state index in [1.807, 2.05) is 37.9 Å². The van der Waals surface area contributed by atoms with E-state index >= 15 is 0 Å². The first kappa shape index (κ1) is 11.0. The second kappa shape index (κ2) is 4.42. The molecule has 1 N–H and O–H groups in total. The van der Waals surface area contributed by atoms with Gasteiger partial charge in [-0.1, -0.05) is 0 Å². The summed E-state index contributed by atoms with van der Waals surface area (Å²) in [7, 11) is 1.97. The Morgan fingerprint density at radius 2 is 1.86 bits per heavy atom. The van der Waals surface area contributed by atoms with Gasteiger partial charge in [0.05, 0.1) is 6.10 Å².